The number of hydrogen-bond acceptors (Lipinski definition) is 8. The van der Waals surface area contributed by atoms with Crippen molar-refractivity contribution in [3.8, 4) is 5.75 Å². The Morgan fingerprint density at radius 2 is 1.97 bits per heavy atom. The molecule has 0 aliphatic carbocycles. The Balaban J connectivity index is 0.000000751. The zero-order chi connectivity index (χ0) is 24.5. The molecular formula is C24H28N4O6. The molecule has 3 aromatic rings. The van der Waals surface area contributed by atoms with Crippen LogP contribution in [0.15, 0.2) is 53.1 Å². The average Bonchev–Trinajstić information content (AvgIpc) is 3.26. The molecule has 34 heavy (non-hydrogen) atoms. The Morgan fingerprint density at radius 3 is 2.65 bits per heavy atom. The summed E-state index contributed by atoms with van der Waals surface area (Å²) in [5, 5.41) is 7.42. The van der Waals surface area contributed by atoms with Crippen LogP contribution in [0.1, 0.15) is 46.4 Å². The first-order chi connectivity index (χ1) is 16.4. The Kier molecular flexibility index (Phi) is 8.72. The van der Waals surface area contributed by atoms with Gasteiger partial charge in [-0.1, -0.05) is 30.3 Å². The van der Waals surface area contributed by atoms with E-state index >= 15 is 0 Å². The largest absolute Gasteiger partial charge is 0.490 e. The van der Waals surface area contributed by atoms with E-state index < -0.39 is 12.1 Å². The van der Waals surface area contributed by atoms with Gasteiger partial charge in [-0.05, 0) is 17.7 Å². The Hall–Kier alpha value is -3.76. The Labute approximate surface area is 197 Å². The number of aliphatic carboxylic acids is 1. The summed E-state index contributed by atoms with van der Waals surface area (Å²) in [6, 6.07) is 13.2. The third-order valence-electron chi connectivity index (χ3n) is 4.94. The zero-order valence-electron chi connectivity index (χ0n) is 19.1. The van der Waals surface area contributed by atoms with Gasteiger partial charge in [-0.25, -0.2) is 9.97 Å². The number of nitrogens with two attached hydrogens (primary N) is 1. The lowest BCUT2D eigenvalue weighted by Gasteiger charge is -2.25. The van der Waals surface area contributed by atoms with Crippen molar-refractivity contribution in [2.75, 3.05) is 26.8 Å². The smallest absolute Gasteiger partial charge is 0.300 e. The molecule has 10 heteroatoms. The standard InChI is InChI=1S/C22H24N4O4.C2H4O2/c1-28-20(15-6-3-2-4-7-15)21-25-16-14-26(12-9-17(16)30-21)22(27)19-18(29-13-10-23)8-5-11-24-19;1-2(3)4/h2-8,11,20H,9-10,12-14,23H2,1H3;1H3,(H,3,4). The van der Waals surface area contributed by atoms with Gasteiger partial charge in [0.1, 0.15) is 18.1 Å². The minimum Gasteiger partial charge on any atom is -0.490 e. The summed E-state index contributed by atoms with van der Waals surface area (Å²) in [4.78, 5) is 32.7. The molecule has 0 radical (unpaired) electrons. The number of carboxylic acids is 1. The summed E-state index contributed by atoms with van der Waals surface area (Å²) in [5.41, 5.74) is 7.48. The van der Waals surface area contributed by atoms with Crippen molar-refractivity contribution in [1.29, 1.82) is 0 Å². The molecule has 180 valence electrons. The van der Waals surface area contributed by atoms with E-state index in [1.54, 1.807) is 30.3 Å². The first-order valence-electron chi connectivity index (χ1n) is 10.8. The van der Waals surface area contributed by atoms with Crippen LogP contribution in [0.3, 0.4) is 0 Å². The molecule has 1 aliphatic heterocycles. The highest BCUT2D eigenvalue weighted by atomic mass is 16.5. The van der Waals surface area contributed by atoms with Crippen LogP contribution in [0.5, 0.6) is 5.75 Å². The first-order valence-corrected chi connectivity index (χ1v) is 10.8. The molecule has 1 aliphatic rings. The number of carboxylic acid groups (broad SMARTS) is 1. The number of oxazole rings is 1. The van der Waals surface area contributed by atoms with Crippen LogP contribution < -0.4 is 10.5 Å². The summed E-state index contributed by atoms with van der Waals surface area (Å²) >= 11 is 0. The summed E-state index contributed by atoms with van der Waals surface area (Å²) in [6.45, 7) is 2.62. The normalized spacial score (nSPS) is 13.3. The summed E-state index contributed by atoms with van der Waals surface area (Å²) in [5.74, 6) is 0.674. The van der Waals surface area contributed by atoms with Crippen LogP contribution >= 0.6 is 0 Å². The number of benzene rings is 1. The number of rotatable bonds is 7. The van der Waals surface area contributed by atoms with E-state index in [9.17, 15) is 4.79 Å². The van der Waals surface area contributed by atoms with Gasteiger partial charge in [-0.3, -0.25) is 9.59 Å². The molecule has 0 saturated carbocycles. The average molecular weight is 469 g/mol. The van der Waals surface area contributed by atoms with Gasteiger partial charge in [-0.15, -0.1) is 0 Å². The number of carbonyl (C=O) groups is 2. The van der Waals surface area contributed by atoms with Gasteiger partial charge in [0.2, 0.25) is 5.89 Å². The van der Waals surface area contributed by atoms with Crippen molar-refractivity contribution >= 4 is 11.9 Å². The molecule has 0 spiro atoms. The summed E-state index contributed by atoms with van der Waals surface area (Å²) in [6.07, 6.45) is 1.76. The number of ether oxygens (including phenoxy) is 2. The summed E-state index contributed by atoms with van der Waals surface area (Å²) < 4.78 is 17.2. The second kappa shape index (κ2) is 11.9. The van der Waals surface area contributed by atoms with Crippen molar-refractivity contribution in [3.63, 3.8) is 0 Å². The lowest BCUT2D eigenvalue weighted by Crippen LogP contribution is -2.36. The predicted octanol–water partition coefficient (Wildman–Crippen LogP) is 2.43. The van der Waals surface area contributed by atoms with Crippen LogP contribution in [0.4, 0.5) is 0 Å². The number of hydrogen-bond donors (Lipinski definition) is 2. The molecule has 1 unspecified atom stereocenters. The molecule has 10 nitrogen and oxygen atoms in total. The number of aromatic nitrogens is 2. The zero-order valence-corrected chi connectivity index (χ0v) is 19.1. The van der Waals surface area contributed by atoms with Gasteiger partial charge >= 0.3 is 0 Å². The van der Waals surface area contributed by atoms with Gasteiger partial charge in [0, 0.05) is 39.7 Å². The maximum Gasteiger partial charge on any atom is 0.300 e. The van der Waals surface area contributed by atoms with Crippen molar-refractivity contribution in [2.45, 2.75) is 26.0 Å². The highest BCUT2D eigenvalue weighted by Crippen LogP contribution is 2.30. The van der Waals surface area contributed by atoms with Crippen molar-refractivity contribution < 1.29 is 28.6 Å². The van der Waals surface area contributed by atoms with E-state index in [1.807, 2.05) is 30.3 Å². The van der Waals surface area contributed by atoms with Gasteiger partial charge < -0.3 is 29.6 Å². The highest BCUT2D eigenvalue weighted by molar-refractivity contribution is 5.95. The third-order valence-corrected chi connectivity index (χ3v) is 4.94. The SMILES string of the molecule is CC(=O)O.COC(c1ccccc1)c1nc2c(o1)CCN(C(=O)c1ncccc1OCCN)C2. The van der Waals surface area contributed by atoms with E-state index in [0.717, 1.165) is 23.9 Å². The van der Waals surface area contributed by atoms with Gasteiger partial charge in [0.25, 0.3) is 11.9 Å². The molecule has 3 N–H and O–H groups in total. The lowest BCUT2D eigenvalue weighted by atomic mass is 10.1. The fourth-order valence-corrected chi connectivity index (χ4v) is 3.50. The van der Waals surface area contributed by atoms with Crippen LogP contribution in [-0.2, 0) is 22.5 Å². The Morgan fingerprint density at radius 1 is 1.24 bits per heavy atom. The van der Waals surface area contributed by atoms with E-state index in [-0.39, 0.29) is 11.6 Å². The van der Waals surface area contributed by atoms with Crippen molar-refractivity contribution in [1.82, 2.24) is 14.9 Å². The molecule has 1 atom stereocenters. The van der Waals surface area contributed by atoms with Gasteiger partial charge in [-0.2, -0.15) is 0 Å². The third kappa shape index (κ3) is 6.18. The monoisotopic (exact) mass is 468 g/mol. The van der Waals surface area contributed by atoms with Gasteiger partial charge in [0.15, 0.2) is 17.5 Å². The van der Waals surface area contributed by atoms with E-state index in [0.29, 0.717) is 44.3 Å². The molecule has 0 saturated heterocycles. The second-order valence-corrected chi connectivity index (χ2v) is 7.43. The topological polar surface area (TPSA) is 141 Å². The lowest BCUT2D eigenvalue weighted by molar-refractivity contribution is -0.134. The maximum absolute atomic E-state index is 13.1. The molecule has 0 fully saturated rings. The van der Waals surface area contributed by atoms with Crippen LogP contribution in [-0.4, -0.2) is 58.7 Å². The maximum atomic E-state index is 13.1. The van der Waals surface area contributed by atoms with Crippen molar-refractivity contribution in [2.24, 2.45) is 5.73 Å². The van der Waals surface area contributed by atoms with Crippen LogP contribution in [0.2, 0.25) is 0 Å². The minimum atomic E-state index is -0.833. The summed E-state index contributed by atoms with van der Waals surface area (Å²) in [7, 11) is 1.63. The molecular weight excluding hydrogens is 440 g/mol. The molecule has 3 heterocycles. The van der Waals surface area contributed by atoms with Crippen LogP contribution in [0.25, 0.3) is 0 Å². The Bertz CT molecular complexity index is 1100. The van der Waals surface area contributed by atoms with Gasteiger partial charge in [0.05, 0.1) is 6.54 Å². The number of pyridine rings is 1. The quantitative estimate of drug-likeness (QED) is 0.535. The predicted molar refractivity (Wildman–Crippen MR) is 122 cm³/mol. The molecule has 1 aromatic carbocycles. The number of methoxy groups -OCH3 is 1. The van der Waals surface area contributed by atoms with E-state index in [2.05, 4.69) is 9.97 Å². The second-order valence-electron chi connectivity index (χ2n) is 7.43. The van der Waals surface area contributed by atoms with Crippen molar-refractivity contribution in [3.05, 3.63) is 77.3 Å². The fourth-order valence-electron chi connectivity index (χ4n) is 3.50. The molecule has 2 aromatic heterocycles. The molecule has 1 amide bonds. The first kappa shape index (κ1) is 24.9. The molecule has 4 rings (SSSR count). The van der Waals surface area contributed by atoms with E-state index in [4.69, 9.17) is 29.5 Å². The minimum absolute atomic E-state index is 0.204. The highest BCUT2D eigenvalue weighted by Gasteiger charge is 2.30. The van der Waals surface area contributed by atoms with Crippen LogP contribution in [0, 0.1) is 0 Å². The number of nitrogens with zero attached hydrogens (tertiary/aromatic N) is 3. The number of amides is 1. The number of carbonyl (C=O) groups excluding carboxylic acids is 1. The number of fused-ring (bicyclic) bond motifs is 1. The molecule has 0 bridgehead atoms. The van der Waals surface area contributed by atoms with E-state index in [1.165, 1.54) is 0 Å². The fraction of sp³-hybridized carbons (Fsp3) is 0.333.